The molecule has 108 valence electrons. The minimum atomic E-state index is -0.334. The van der Waals surface area contributed by atoms with E-state index in [4.69, 9.17) is 4.74 Å². The molecule has 0 unspecified atom stereocenters. The Bertz CT molecular complexity index is 338. The maximum atomic E-state index is 11.6. The van der Waals surface area contributed by atoms with Crippen LogP contribution in [0.3, 0.4) is 0 Å². The average Bonchev–Trinajstić information content (AvgIpc) is 2.34. The van der Waals surface area contributed by atoms with Crippen LogP contribution in [-0.2, 0) is 19.1 Å². The fourth-order valence-electron chi connectivity index (χ4n) is 2.07. The third-order valence-corrected chi connectivity index (χ3v) is 3.14. The van der Waals surface area contributed by atoms with E-state index in [9.17, 15) is 14.4 Å². The predicted molar refractivity (Wildman–Crippen MR) is 70.4 cm³/mol. The predicted octanol–water partition coefficient (Wildman–Crippen LogP) is 1.45. The highest BCUT2D eigenvalue weighted by Crippen LogP contribution is 2.17. The quantitative estimate of drug-likeness (QED) is 0.710. The minimum Gasteiger partial charge on any atom is -0.458 e. The van der Waals surface area contributed by atoms with Crippen molar-refractivity contribution in [2.75, 3.05) is 13.2 Å². The van der Waals surface area contributed by atoms with Gasteiger partial charge in [-0.2, -0.15) is 0 Å². The number of carbonyl (C=O) groups excluding carboxylic acids is 3. The van der Waals surface area contributed by atoms with Crippen molar-refractivity contribution in [1.82, 2.24) is 5.32 Å². The Morgan fingerprint density at radius 1 is 1.42 bits per heavy atom. The molecule has 1 atom stereocenters. The first-order valence-corrected chi connectivity index (χ1v) is 6.94. The second kappa shape index (κ2) is 7.92. The SMILES string of the molecule is CC(C)CC(=O)OCC(=O)CC[C@@H]1CCCNC1=O. The first kappa shape index (κ1) is 15.7. The molecule has 1 rings (SSSR count). The van der Waals surface area contributed by atoms with Gasteiger partial charge in [-0.3, -0.25) is 14.4 Å². The van der Waals surface area contributed by atoms with E-state index in [2.05, 4.69) is 5.32 Å². The highest BCUT2D eigenvalue weighted by Gasteiger charge is 2.22. The number of nitrogens with one attached hydrogen (secondary N) is 1. The van der Waals surface area contributed by atoms with E-state index >= 15 is 0 Å². The number of ketones is 1. The van der Waals surface area contributed by atoms with Crippen LogP contribution in [0.4, 0.5) is 0 Å². The van der Waals surface area contributed by atoms with Crippen molar-refractivity contribution in [3.63, 3.8) is 0 Å². The second-order valence-electron chi connectivity index (χ2n) is 5.47. The number of rotatable bonds is 7. The zero-order valence-corrected chi connectivity index (χ0v) is 11.7. The van der Waals surface area contributed by atoms with Gasteiger partial charge in [-0.1, -0.05) is 13.8 Å². The number of esters is 1. The van der Waals surface area contributed by atoms with Crippen molar-refractivity contribution in [3.8, 4) is 0 Å². The monoisotopic (exact) mass is 269 g/mol. The molecule has 0 aliphatic carbocycles. The summed E-state index contributed by atoms with van der Waals surface area (Å²) in [4.78, 5) is 34.3. The highest BCUT2D eigenvalue weighted by atomic mass is 16.5. The molecule has 0 aromatic rings. The summed E-state index contributed by atoms with van der Waals surface area (Å²) in [6.07, 6.45) is 2.98. The number of Topliss-reactive ketones (excluding diaryl/α,β-unsaturated/α-hetero) is 1. The summed E-state index contributed by atoms with van der Waals surface area (Å²) in [6.45, 7) is 4.41. The number of carbonyl (C=O) groups is 3. The van der Waals surface area contributed by atoms with E-state index in [-0.39, 0.29) is 36.1 Å². The van der Waals surface area contributed by atoms with Crippen LogP contribution >= 0.6 is 0 Å². The van der Waals surface area contributed by atoms with Crippen molar-refractivity contribution in [2.45, 2.75) is 46.0 Å². The van der Waals surface area contributed by atoms with Gasteiger partial charge < -0.3 is 10.1 Å². The van der Waals surface area contributed by atoms with E-state index in [1.165, 1.54) is 0 Å². The number of hydrogen-bond donors (Lipinski definition) is 1. The van der Waals surface area contributed by atoms with Gasteiger partial charge in [0.15, 0.2) is 5.78 Å². The third-order valence-electron chi connectivity index (χ3n) is 3.14. The molecule has 1 saturated heterocycles. The molecule has 1 amide bonds. The molecular weight excluding hydrogens is 246 g/mol. The van der Waals surface area contributed by atoms with Gasteiger partial charge in [-0.05, 0) is 25.2 Å². The topological polar surface area (TPSA) is 72.5 Å². The van der Waals surface area contributed by atoms with Gasteiger partial charge in [-0.15, -0.1) is 0 Å². The van der Waals surface area contributed by atoms with Gasteiger partial charge in [0.2, 0.25) is 5.91 Å². The van der Waals surface area contributed by atoms with Crippen LogP contribution in [0.2, 0.25) is 0 Å². The summed E-state index contributed by atoms with van der Waals surface area (Å²) in [6, 6.07) is 0. The summed E-state index contributed by atoms with van der Waals surface area (Å²) in [5.74, 6) is -0.248. The maximum absolute atomic E-state index is 11.6. The lowest BCUT2D eigenvalue weighted by Gasteiger charge is -2.21. The Morgan fingerprint density at radius 3 is 2.79 bits per heavy atom. The first-order valence-electron chi connectivity index (χ1n) is 6.94. The molecule has 0 aromatic carbocycles. The molecule has 1 aliphatic rings. The van der Waals surface area contributed by atoms with E-state index in [1.54, 1.807) is 0 Å². The molecule has 0 saturated carbocycles. The zero-order chi connectivity index (χ0) is 14.3. The van der Waals surface area contributed by atoms with Crippen molar-refractivity contribution in [2.24, 2.45) is 11.8 Å². The van der Waals surface area contributed by atoms with Crippen molar-refractivity contribution >= 4 is 17.7 Å². The smallest absolute Gasteiger partial charge is 0.306 e. The van der Waals surface area contributed by atoms with Crippen LogP contribution < -0.4 is 5.32 Å². The number of amides is 1. The standard InChI is InChI=1S/C14H23NO4/c1-10(2)8-13(17)19-9-12(16)6-5-11-4-3-7-15-14(11)18/h10-11H,3-9H2,1-2H3,(H,15,18)/t11-/m0/s1. The van der Waals surface area contributed by atoms with Crippen molar-refractivity contribution < 1.29 is 19.1 Å². The van der Waals surface area contributed by atoms with Crippen molar-refractivity contribution in [3.05, 3.63) is 0 Å². The van der Waals surface area contributed by atoms with Gasteiger partial charge in [0.25, 0.3) is 0 Å². The highest BCUT2D eigenvalue weighted by molar-refractivity contribution is 5.84. The number of piperidine rings is 1. The zero-order valence-electron chi connectivity index (χ0n) is 11.7. The van der Waals surface area contributed by atoms with Gasteiger partial charge in [-0.25, -0.2) is 0 Å². The molecule has 1 N–H and O–H groups in total. The van der Waals surface area contributed by atoms with Crippen LogP contribution in [0.1, 0.15) is 46.0 Å². The Hall–Kier alpha value is -1.39. The lowest BCUT2D eigenvalue weighted by molar-refractivity contribution is -0.148. The minimum absolute atomic E-state index is 0.0378. The molecule has 1 heterocycles. The number of hydrogen-bond acceptors (Lipinski definition) is 4. The first-order chi connectivity index (χ1) is 8.99. The van der Waals surface area contributed by atoms with Gasteiger partial charge in [0, 0.05) is 25.3 Å². The molecule has 5 heteroatoms. The summed E-state index contributed by atoms with van der Waals surface area (Å²) < 4.78 is 4.89. The molecule has 1 aliphatic heterocycles. The lowest BCUT2D eigenvalue weighted by Crippen LogP contribution is -2.36. The summed E-state index contributed by atoms with van der Waals surface area (Å²) in [7, 11) is 0. The number of ether oxygens (including phenoxy) is 1. The molecule has 0 radical (unpaired) electrons. The van der Waals surface area contributed by atoms with E-state index in [1.807, 2.05) is 13.8 Å². The molecule has 1 fully saturated rings. The Kier molecular flexibility index (Phi) is 6.53. The van der Waals surface area contributed by atoms with Gasteiger partial charge in [0.05, 0.1) is 0 Å². The summed E-state index contributed by atoms with van der Waals surface area (Å²) >= 11 is 0. The molecule has 0 aromatic heterocycles. The van der Waals surface area contributed by atoms with Gasteiger partial charge >= 0.3 is 5.97 Å². The van der Waals surface area contributed by atoms with Crippen LogP contribution in [0.15, 0.2) is 0 Å². The Labute approximate surface area is 114 Å². The maximum Gasteiger partial charge on any atom is 0.306 e. The van der Waals surface area contributed by atoms with Crippen LogP contribution in [0.25, 0.3) is 0 Å². The molecule has 5 nitrogen and oxygen atoms in total. The Balaban J connectivity index is 2.17. The van der Waals surface area contributed by atoms with E-state index < -0.39 is 0 Å². The fraction of sp³-hybridized carbons (Fsp3) is 0.786. The van der Waals surface area contributed by atoms with E-state index in [0.29, 0.717) is 19.3 Å². The average molecular weight is 269 g/mol. The van der Waals surface area contributed by atoms with Gasteiger partial charge in [0.1, 0.15) is 6.61 Å². The normalized spacial score (nSPS) is 19.1. The molecule has 19 heavy (non-hydrogen) atoms. The summed E-state index contributed by atoms with van der Waals surface area (Å²) in [5.41, 5.74) is 0. The molecular formula is C14H23NO4. The fourth-order valence-corrected chi connectivity index (χ4v) is 2.07. The van der Waals surface area contributed by atoms with Crippen LogP contribution in [0.5, 0.6) is 0 Å². The largest absolute Gasteiger partial charge is 0.458 e. The van der Waals surface area contributed by atoms with E-state index in [0.717, 1.165) is 19.4 Å². The molecule has 0 spiro atoms. The summed E-state index contributed by atoms with van der Waals surface area (Å²) in [5, 5.41) is 2.79. The second-order valence-corrected chi connectivity index (χ2v) is 5.47. The van der Waals surface area contributed by atoms with Crippen molar-refractivity contribution in [1.29, 1.82) is 0 Å². The third kappa shape index (κ3) is 6.36. The lowest BCUT2D eigenvalue weighted by atomic mass is 9.93. The van der Waals surface area contributed by atoms with Crippen LogP contribution in [0, 0.1) is 11.8 Å². The molecule has 0 bridgehead atoms. The Morgan fingerprint density at radius 2 is 2.16 bits per heavy atom. The van der Waals surface area contributed by atoms with Crippen LogP contribution in [-0.4, -0.2) is 30.8 Å².